The molecule has 1 saturated heterocycles. The largest absolute Gasteiger partial charge is 0.481 e. The van der Waals surface area contributed by atoms with E-state index in [9.17, 15) is 9.59 Å². The molecule has 0 aliphatic carbocycles. The quantitative estimate of drug-likeness (QED) is 0.255. The Morgan fingerprint density at radius 3 is 2.51 bits per heavy atom. The van der Waals surface area contributed by atoms with Crippen molar-refractivity contribution in [3.63, 3.8) is 0 Å². The number of aromatic nitrogens is 5. The number of anilines is 2. The van der Waals surface area contributed by atoms with Gasteiger partial charge >= 0.3 is 6.01 Å². The van der Waals surface area contributed by atoms with Gasteiger partial charge in [-0.05, 0) is 31.0 Å². The van der Waals surface area contributed by atoms with Crippen molar-refractivity contribution < 1.29 is 19.1 Å². The molecule has 2 N–H and O–H groups in total. The van der Waals surface area contributed by atoms with Crippen LogP contribution in [0.15, 0.2) is 60.0 Å². The maximum atomic E-state index is 13.0. The van der Waals surface area contributed by atoms with Gasteiger partial charge in [0.2, 0.25) is 11.8 Å². The number of methoxy groups -OCH3 is 2. The number of ketones is 1. The van der Waals surface area contributed by atoms with Crippen LogP contribution in [-0.2, 0) is 0 Å². The summed E-state index contributed by atoms with van der Waals surface area (Å²) in [5.41, 5.74) is 2.80. The average Bonchev–Trinajstić information content (AvgIpc) is 3.68. The number of carbonyl (C=O) groups is 2. The minimum atomic E-state index is -0.343. The van der Waals surface area contributed by atoms with E-state index in [0.29, 0.717) is 39.7 Å². The monoisotopic (exact) mass is 569 g/mol. The van der Waals surface area contributed by atoms with E-state index >= 15 is 0 Å². The molecular weight excluding hydrogens is 542 g/mol. The molecule has 5 aromatic rings. The van der Waals surface area contributed by atoms with Crippen LogP contribution in [0.1, 0.15) is 50.2 Å². The average molecular weight is 570 g/mol. The van der Waals surface area contributed by atoms with Crippen LogP contribution in [0.4, 0.5) is 11.8 Å². The van der Waals surface area contributed by atoms with Gasteiger partial charge in [0.1, 0.15) is 11.5 Å². The summed E-state index contributed by atoms with van der Waals surface area (Å²) in [6.45, 7) is 1.56. The minimum Gasteiger partial charge on any atom is -0.481 e. The van der Waals surface area contributed by atoms with Gasteiger partial charge in [-0.1, -0.05) is 30.3 Å². The Balaban J connectivity index is 1.09. The fourth-order valence-corrected chi connectivity index (χ4v) is 5.79. The standard InChI is InChI=1S/C29H27N7O4S/c1-39-24-15-23(33-29(34-24)40-2)36-12-10-18(11-13-36)27-30-22(16-41-27)26(38)35-28-31-20-9-8-19(14-21(20)32-28)25(37)17-6-4-3-5-7-17/h3-9,14-16,18H,10-13H2,1-2H3,(H2,31,32,35,38). The molecule has 1 fully saturated rings. The first kappa shape index (κ1) is 26.4. The highest BCUT2D eigenvalue weighted by Crippen LogP contribution is 2.33. The molecule has 0 atom stereocenters. The third-order valence-electron chi connectivity index (χ3n) is 7.00. The molecule has 6 rings (SSSR count). The molecule has 0 saturated carbocycles. The van der Waals surface area contributed by atoms with Crippen molar-refractivity contribution in [2.75, 3.05) is 37.5 Å². The Labute approximate surface area is 239 Å². The maximum absolute atomic E-state index is 13.0. The zero-order valence-electron chi connectivity index (χ0n) is 22.5. The second-order valence-electron chi connectivity index (χ2n) is 9.55. The van der Waals surface area contributed by atoms with Crippen molar-refractivity contribution in [1.29, 1.82) is 0 Å². The molecular formula is C29H27N7O4S. The van der Waals surface area contributed by atoms with E-state index in [0.717, 1.165) is 36.8 Å². The number of hydrogen-bond acceptors (Lipinski definition) is 10. The number of rotatable bonds is 8. The highest BCUT2D eigenvalue weighted by Gasteiger charge is 2.26. The van der Waals surface area contributed by atoms with Gasteiger partial charge in [-0.25, -0.2) is 9.97 Å². The van der Waals surface area contributed by atoms with Gasteiger partial charge in [-0.2, -0.15) is 9.97 Å². The number of benzene rings is 2. The lowest BCUT2D eigenvalue weighted by Gasteiger charge is -2.32. The van der Waals surface area contributed by atoms with Crippen molar-refractivity contribution in [1.82, 2.24) is 24.9 Å². The zero-order valence-corrected chi connectivity index (χ0v) is 23.3. The molecule has 4 heterocycles. The Bertz CT molecular complexity index is 1690. The molecule has 1 aliphatic rings. The minimum absolute atomic E-state index is 0.0787. The normalized spacial score (nSPS) is 13.8. The Hall–Kier alpha value is -4.84. The van der Waals surface area contributed by atoms with Crippen molar-refractivity contribution >= 4 is 45.8 Å². The van der Waals surface area contributed by atoms with Gasteiger partial charge in [-0.15, -0.1) is 11.3 Å². The number of nitrogens with one attached hydrogen (secondary N) is 2. The van der Waals surface area contributed by atoms with Gasteiger partial charge in [-0.3, -0.25) is 14.9 Å². The van der Waals surface area contributed by atoms with Gasteiger partial charge in [0.15, 0.2) is 5.78 Å². The summed E-state index contributed by atoms with van der Waals surface area (Å²) in [6.07, 6.45) is 1.74. The third-order valence-corrected chi connectivity index (χ3v) is 8.00. The van der Waals surface area contributed by atoms with Gasteiger partial charge in [0, 0.05) is 41.6 Å². The van der Waals surface area contributed by atoms with E-state index in [1.54, 1.807) is 48.9 Å². The summed E-state index contributed by atoms with van der Waals surface area (Å²) in [6, 6.07) is 16.4. The first-order valence-electron chi connectivity index (χ1n) is 13.1. The second-order valence-corrected chi connectivity index (χ2v) is 10.4. The third kappa shape index (κ3) is 5.59. The number of amides is 1. The zero-order chi connectivity index (χ0) is 28.3. The van der Waals surface area contributed by atoms with Crippen molar-refractivity contribution in [3.05, 3.63) is 81.8 Å². The number of H-pyrrole nitrogens is 1. The highest BCUT2D eigenvalue weighted by molar-refractivity contribution is 7.10. The number of carbonyl (C=O) groups excluding carboxylic acids is 2. The molecule has 1 aliphatic heterocycles. The van der Waals surface area contributed by atoms with Crippen LogP contribution >= 0.6 is 11.3 Å². The number of ether oxygens (including phenoxy) is 2. The molecule has 208 valence electrons. The number of nitrogens with zero attached hydrogens (tertiary/aromatic N) is 5. The predicted octanol–water partition coefficient (Wildman–Crippen LogP) is 4.69. The SMILES string of the molecule is COc1cc(N2CCC(c3nc(C(=O)Nc4nc5ccc(C(=O)c6ccccc6)cc5[nH]4)cs3)CC2)nc(OC)n1. The lowest BCUT2D eigenvalue weighted by molar-refractivity contribution is 0.101. The van der Waals surface area contributed by atoms with Crippen LogP contribution in [0.25, 0.3) is 11.0 Å². The van der Waals surface area contributed by atoms with Crippen molar-refractivity contribution in [3.8, 4) is 11.9 Å². The van der Waals surface area contributed by atoms with E-state index in [1.807, 2.05) is 18.2 Å². The summed E-state index contributed by atoms with van der Waals surface area (Å²) >= 11 is 1.49. The number of piperidine rings is 1. The molecule has 0 radical (unpaired) electrons. The molecule has 0 spiro atoms. The predicted molar refractivity (Wildman–Crippen MR) is 155 cm³/mol. The number of aromatic amines is 1. The van der Waals surface area contributed by atoms with Gasteiger partial charge < -0.3 is 19.4 Å². The van der Waals surface area contributed by atoms with Crippen LogP contribution in [0.2, 0.25) is 0 Å². The van der Waals surface area contributed by atoms with Crippen LogP contribution in [-0.4, -0.2) is 63.9 Å². The highest BCUT2D eigenvalue weighted by atomic mass is 32.1. The molecule has 0 unspecified atom stereocenters. The molecule has 3 aromatic heterocycles. The molecule has 12 heteroatoms. The van der Waals surface area contributed by atoms with Crippen LogP contribution in [0.5, 0.6) is 11.9 Å². The topological polar surface area (TPSA) is 135 Å². The maximum Gasteiger partial charge on any atom is 0.321 e. The first-order valence-corrected chi connectivity index (χ1v) is 14.0. The van der Waals surface area contributed by atoms with E-state index < -0.39 is 0 Å². The Kier molecular flexibility index (Phi) is 7.30. The lowest BCUT2D eigenvalue weighted by Crippen LogP contribution is -2.33. The summed E-state index contributed by atoms with van der Waals surface area (Å²) in [7, 11) is 3.09. The molecule has 1 amide bonds. The summed E-state index contributed by atoms with van der Waals surface area (Å²) < 4.78 is 10.5. The second kappa shape index (κ2) is 11.3. The van der Waals surface area contributed by atoms with Crippen LogP contribution in [0.3, 0.4) is 0 Å². The van der Waals surface area contributed by atoms with E-state index in [-0.39, 0.29) is 23.6 Å². The van der Waals surface area contributed by atoms with Crippen molar-refractivity contribution in [2.24, 2.45) is 0 Å². The van der Waals surface area contributed by atoms with E-state index in [4.69, 9.17) is 9.47 Å². The molecule has 0 bridgehead atoms. The number of hydrogen-bond donors (Lipinski definition) is 2. The lowest BCUT2D eigenvalue weighted by atomic mass is 9.97. The number of imidazole rings is 1. The van der Waals surface area contributed by atoms with Crippen LogP contribution in [0, 0.1) is 0 Å². The smallest absolute Gasteiger partial charge is 0.321 e. The Morgan fingerprint density at radius 2 is 1.76 bits per heavy atom. The number of fused-ring (bicyclic) bond motifs is 1. The summed E-state index contributed by atoms with van der Waals surface area (Å²) in [4.78, 5) is 48.8. The van der Waals surface area contributed by atoms with Crippen LogP contribution < -0.4 is 19.7 Å². The molecule has 11 nitrogen and oxygen atoms in total. The van der Waals surface area contributed by atoms with Gasteiger partial charge in [0.25, 0.3) is 5.91 Å². The Morgan fingerprint density at radius 1 is 0.951 bits per heavy atom. The van der Waals surface area contributed by atoms with Gasteiger partial charge in [0.05, 0.1) is 30.3 Å². The summed E-state index contributed by atoms with van der Waals surface area (Å²) in [5.74, 6) is 1.33. The molecule has 2 aromatic carbocycles. The summed E-state index contributed by atoms with van der Waals surface area (Å²) in [5, 5.41) is 5.51. The first-order chi connectivity index (χ1) is 20.0. The van der Waals surface area contributed by atoms with Crippen molar-refractivity contribution in [2.45, 2.75) is 18.8 Å². The fourth-order valence-electron chi connectivity index (χ4n) is 4.82. The van der Waals surface area contributed by atoms with E-state index in [2.05, 4.69) is 35.1 Å². The fraction of sp³-hybridized carbons (Fsp3) is 0.241. The van der Waals surface area contributed by atoms with E-state index in [1.165, 1.54) is 18.4 Å². The molecule has 41 heavy (non-hydrogen) atoms. The number of thiazole rings is 1.